The number of carbonyl (C=O) groups is 1. The maximum Gasteiger partial charge on any atom is 0.416 e. The van der Waals surface area contributed by atoms with Gasteiger partial charge in [0.05, 0.1) is 32.6 Å². The molecule has 5 nitrogen and oxygen atoms in total. The minimum absolute atomic E-state index is 0.000151. The van der Waals surface area contributed by atoms with Crippen molar-refractivity contribution in [1.82, 2.24) is 4.98 Å². The number of carboxylic acids is 1. The summed E-state index contributed by atoms with van der Waals surface area (Å²) in [6.45, 7) is 0. The number of nitrogens with zero attached hydrogens (tertiary/aromatic N) is 1. The first-order chi connectivity index (χ1) is 16.1. The summed E-state index contributed by atoms with van der Waals surface area (Å²) in [4.78, 5) is 16.5. The van der Waals surface area contributed by atoms with Crippen molar-refractivity contribution in [2.24, 2.45) is 0 Å². The molecule has 3 aromatic carbocycles. The van der Waals surface area contributed by atoms with Crippen LogP contribution in [0.1, 0.15) is 15.9 Å². The summed E-state index contributed by atoms with van der Waals surface area (Å²) in [6.07, 6.45) is -4.64. The van der Waals surface area contributed by atoms with E-state index in [0.29, 0.717) is 26.3 Å². The van der Waals surface area contributed by atoms with E-state index in [4.69, 9.17) is 23.2 Å². The van der Waals surface area contributed by atoms with E-state index in [0.717, 1.165) is 23.8 Å². The zero-order valence-corrected chi connectivity index (χ0v) is 19.1. The monoisotopic (exact) mass is 524 g/mol. The number of halogens is 5. The minimum Gasteiger partial charge on any atom is -0.478 e. The van der Waals surface area contributed by atoms with Gasteiger partial charge in [0, 0.05) is 22.1 Å². The van der Waals surface area contributed by atoms with Crippen molar-refractivity contribution in [3.63, 3.8) is 0 Å². The van der Waals surface area contributed by atoms with Gasteiger partial charge in [0.2, 0.25) is 0 Å². The molecule has 0 amide bonds. The Morgan fingerprint density at radius 3 is 2.32 bits per heavy atom. The maximum atomic E-state index is 13.2. The van der Waals surface area contributed by atoms with E-state index in [1.807, 2.05) is 5.48 Å². The summed E-state index contributed by atoms with van der Waals surface area (Å²) in [5.41, 5.74) is 2.19. The Hall–Kier alpha value is -3.11. The number of carboxylic acid groups (broad SMARTS) is 1. The van der Waals surface area contributed by atoms with Crippen molar-refractivity contribution in [1.29, 1.82) is 0 Å². The number of hydrogen-bond acceptors (Lipinski definition) is 5. The lowest BCUT2D eigenvalue weighted by atomic mass is 9.94. The fourth-order valence-electron chi connectivity index (χ4n) is 3.32. The molecule has 174 valence electrons. The van der Waals surface area contributed by atoms with E-state index in [9.17, 15) is 28.3 Å². The summed E-state index contributed by atoms with van der Waals surface area (Å²) >= 11 is 13.3. The van der Waals surface area contributed by atoms with Crippen molar-refractivity contribution in [3.8, 4) is 33.0 Å². The van der Waals surface area contributed by atoms with Crippen molar-refractivity contribution < 1.29 is 28.3 Å². The van der Waals surface area contributed by atoms with Crippen LogP contribution in [0.5, 0.6) is 0 Å². The van der Waals surface area contributed by atoms with E-state index < -0.39 is 17.7 Å². The fourth-order valence-corrected chi connectivity index (χ4v) is 4.45. The quantitative estimate of drug-likeness (QED) is 0.230. The van der Waals surface area contributed by atoms with Crippen LogP contribution < -0.4 is 5.48 Å². The molecule has 0 atom stereocenters. The Kier molecular flexibility index (Phi) is 6.55. The highest BCUT2D eigenvalue weighted by Gasteiger charge is 2.31. The molecule has 0 aliphatic rings. The smallest absolute Gasteiger partial charge is 0.416 e. The summed E-state index contributed by atoms with van der Waals surface area (Å²) in [5, 5.41) is 22.2. The SMILES string of the molecule is O=C(O)c1cc(-c2nc(-c3ccc(Cl)c(Cl)c3)cs2)ccc1-c1cc(C(F)(F)F)ccc1NO. The van der Waals surface area contributed by atoms with Crippen LogP contribution >= 0.6 is 34.5 Å². The highest BCUT2D eigenvalue weighted by atomic mass is 35.5. The molecule has 0 saturated heterocycles. The van der Waals surface area contributed by atoms with Crippen LogP contribution in [0.25, 0.3) is 33.0 Å². The van der Waals surface area contributed by atoms with Crippen LogP contribution in [0.4, 0.5) is 18.9 Å². The molecule has 1 heterocycles. The van der Waals surface area contributed by atoms with E-state index in [-0.39, 0.29) is 22.4 Å². The van der Waals surface area contributed by atoms with Crippen molar-refractivity contribution >= 4 is 46.2 Å². The molecule has 0 radical (unpaired) electrons. The Morgan fingerprint density at radius 1 is 0.941 bits per heavy atom. The first-order valence-electron chi connectivity index (χ1n) is 9.49. The van der Waals surface area contributed by atoms with Gasteiger partial charge in [-0.15, -0.1) is 11.3 Å². The number of aromatic carboxylic acids is 1. The molecule has 0 spiro atoms. The predicted octanol–water partition coefficient (Wildman–Crippen LogP) is 7.97. The Bertz CT molecular complexity index is 1410. The van der Waals surface area contributed by atoms with Crippen LogP contribution in [0.15, 0.2) is 60.0 Å². The molecule has 0 saturated carbocycles. The van der Waals surface area contributed by atoms with Gasteiger partial charge in [-0.05, 0) is 42.0 Å². The molecule has 0 aliphatic heterocycles. The van der Waals surface area contributed by atoms with Gasteiger partial charge >= 0.3 is 12.1 Å². The van der Waals surface area contributed by atoms with E-state index in [2.05, 4.69) is 4.98 Å². The van der Waals surface area contributed by atoms with Crippen LogP contribution in [0, 0.1) is 0 Å². The van der Waals surface area contributed by atoms with Crippen molar-refractivity contribution in [2.45, 2.75) is 6.18 Å². The highest BCUT2D eigenvalue weighted by Crippen LogP contribution is 2.39. The lowest BCUT2D eigenvalue weighted by Crippen LogP contribution is -2.07. The van der Waals surface area contributed by atoms with Gasteiger partial charge in [-0.25, -0.2) is 9.78 Å². The van der Waals surface area contributed by atoms with Crippen LogP contribution in [-0.4, -0.2) is 21.3 Å². The molecule has 0 unspecified atom stereocenters. The molecule has 34 heavy (non-hydrogen) atoms. The number of rotatable bonds is 5. The van der Waals surface area contributed by atoms with Gasteiger partial charge in [-0.2, -0.15) is 13.2 Å². The molecule has 4 rings (SSSR count). The second-order valence-corrected chi connectivity index (χ2v) is 8.77. The zero-order valence-electron chi connectivity index (χ0n) is 16.8. The molecule has 0 bridgehead atoms. The number of benzene rings is 3. The molecule has 1 aromatic heterocycles. The average Bonchev–Trinajstić information content (AvgIpc) is 3.29. The van der Waals surface area contributed by atoms with Gasteiger partial charge in [-0.3, -0.25) is 10.7 Å². The maximum absolute atomic E-state index is 13.2. The van der Waals surface area contributed by atoms with Crippen LogP contribution in [0.3, 0.4) is 0 Å². The normalized spacial score (nSPS) is 11.5. The number of aromatic nitrogens is 1. The van der Waals surface area contributed by atoms with Crippen LogP contribution in [-0.2, 0) is 6.18 Å². The molecular weight excluding hydrogens is 512 g/mol. The van der Waals surface area contributed by atoms with E-state index >= 15 is 0 Å². The first kappa shape index (κ1) is 24.0. The largest absolute Gasteiger partial charge is 0.478 e. The molecule has 11 heteroatoms. The Balaban J connectivity index is 1.79. The van der Waals surface area contributed by atoms with Gasteiger partial charge in [0.1, 0.15) is 5.01 Å². The van der Waals surface area contributed by atoms with Gasteiger partial charge in [0.25, 0.3) is 0 Å². The number of anilines is 1. The third-order valence-electron chi connectivity index (χ3n) is 4.97. The summed E-state index contributed by atoms with van der Waals surface area (Å²) in [7, 11) is 0. The summed E-state index contributed by atoms with van der Waals surface area (Å²) in [6, 6.07) is 11.9. The Morgan fingerprint density at radius 2 is 1.68 bits per heavy atom. The number of nitrogens with one attached hydrogen (secondary N) is 1. The summed E-state index contributed by atoms with van der Waals surface area (Å²) in [5.74, 6) is -1.35. The van der Waals surface area contributed by atoms with Gasteiger partial charge in [0.15, 0.2) is 0 Å². The second kappa shape index (κ2) is 9.27. The number of alkyl halides is 3. The molecule has 3 N–H and O–H groups in total. The third kappa shape index (κ3) is 4.74. The fraction of sp³-hybridized carbons (Fsp3) is 0.0435. The zero-order chi connectivity index (χ0) is 24.6. The van der Waals surface area contributed by atoms with Gasteiger partial charge < -0.3 is 5.11 Å². The molecule has 0 fully saturated rings. The number of hydrogen-bond donors (Lipinski definition) is 3. The summed E-state index contributed by atoms with van der Waals surface area (Å²) < 4.78 is 39.7. The van der Waals surface area contributed by atoms with E-state index in [1.54, 1.807) is 29.6 Å². The standard InChI is InChI=1S/C23H13Cl2F3N2O3S/c24-17-5-2-11(8-18(17)25)20-10-34-21(29-20)12-1-4-14(16(7-12)22(31)32)15-9-13(23(26,27)28)3-6-19(15)30-33/h1-10,30,33H,(H,31,32). The third-order valence-corrected chi connectivity index (χ3v) is 6.60. The minimum atomic E-state index is -4.64. The second-order valence-electron chi connectivity index (χ2n) is 7.10. The molecule has 4 aromatic rings. The molecule has 0 aliphatic carbocycles. The average molecular weight is 525 g/mol. The predicted molar refractivity (Wildman–Crippen MR) is 126 cm³/mol. The van der Waals surface area contributed by atoms with Crippen molar-refractivity contribution in [2.75, 3.05) is 5.48 Å². The van der Waals surface area contributed by atoms with Crippen molar-refractivity contribution in [3.05, 3.63) is 81.1 Å². The lowest BCUT2D eigenvalue weighted by Gasteiger charge is -2.15. The highest BCUT2D eigenvalue weighted by molar-refractivity contribution is 7.13. The Labute approximate surface area is 205 Å². The van der Waals surface area contributed by atoms with E-state index in [1.165, 1.54) is 23.5 Å². The topological polar surface area (TPSA) is 82.5 Å². The molecular formula is C23H13Cl2F3N2O3S. The lowest BCUT2D eigenvalue weighted by molar-refractivity contribution is -0.137. The van der Waals surface area contributed by atoms with Gasteiger partial charge in [-0.1, -0.05) is 41.4 Å². The number of thiazole rings is 1. The first-order valence-corrected chi connectivity index (χ1v) is 11.1. The van der Waals surface area contributed by atoms with Crippen LogP contribution in [0.2, 0.25) is 10.0 Å².